The van der Waals surface area contributed by atoms with Gasteiger partial charge in [-0.15, -0.1) is 0 Å². The molecule has 0 aliphatic heterocycles. The Bertz CT molecular complexity index is 262. The summed E-state index contributed by atoms with van der Waals surface area (Å²) in [6.07, 6.45) is 0. The van der Waals surface area contributed by atoms with Crippen molar-refractivity contribution < 1.29 is 9.26 Å². The van der Waals surface area contributed by atoms with Crippen molar-refractivity contribution in [3.05, 3.63) is 11.7 Å². The van der Waals surface area contributed by atoms with E-state index in [-0.39, 0.29) is 0 Å². The molecule has 2 N–H and O–H groups in total. The molecule has 0 fully saturated rings. The number of ether oxygens (including phenoxy) is 1. The summed E-state index contributed by atoms with van der Waals surface area (Å²) in [6, 6.07) is 0. The maximum absolute atomic E-state index is 5.27. The fourth-order valence-corrected chi connectivity index (χ4v) is 0.939. The second-order valence-electron chi connectivity index (χ2n) is 3.18. The summed E-state index contributed by atoms with van der Waals surface area (Å²) in [5.74, 6) is 1.16. The SMILES string of the molecule is CN(C)Cc1noc(COCCN)n1. The van der Waals surface area contributed by atoms with E-state index in [9.17, 15) is 0 Å². The average Bonchev–Trinajstić information content (AvgIpc) is 2.52. The topological polar surface area (TPSA) is 77.4 Å². The molecule has 0 atom stereocenters. The van der Waals surface area contributed by atoms with Gasteiger partial charge in [0.25, 0.3) is 5.89 Å². The normalized spacial score (nSPS) is 11.1. The highest BCUT2D eigenvalue weighted by molar-refractivity contribution is 4.84. The minimum atomic E-state index is 0.331. The Kier molecular flexibility index (Phi) is 4.51. The van der Waals surface area contributed by atoms with Crippen molar-refractivity contribution in [3.8, 4) is 0 Å². The zero-order valence-corrected chi connectivity index (χ0v) is 8.56. The van der Waals surface area contributed by atoms with Crippen molar-refractivity contribution in [2.75, 3.05) is 27.2 Å². The van der Waals surface area contributed by atoms with Gasteiger partial charge in [-0.05, 0) is 14.1 Å². The molecule has 0 saturated carbocycles. The molecule has 0 spiro atoms. The minimum absolute atomic E-state index is 0.331. The molecule has 0 bridgehead atoms. The van der Waals surface area contributed by atoms with Gasteiger partial charge in [0.15, 0.2) is 5.82 Å². The molecule has 80 valence electrons. The number of hydrogen-bond acceptors (Lipinski definition) is 6. The lowest BCUT2D eigenvalue weighted by Gasteiger charge is -2.03. The lowest BCUT2D eigenvalue weighted by Crippen LogP contribution is -2.12. The van der Waals surface area contributed by atoms with Gasteiger partial charge in [-0.1, -0.05) is 5.16 Å². The van der Waals surface area contributed by atoms with Crippen LogP contribution in [0.5, 0.6) is 0 Å². The molecule has 1 aromatic heterocycles. The number of aromatic nitrogens is 2. The van der Waals surface area contributed by atoms with Crippen molar-refractivity contribution in [2.45, 2.75) is 13.2 Å². The smallest absolute Gasteiger partial charge is 0.252 e. The van der Waals surface area contributed by atoms with Gasteiger partial charge in [0.2, 0.25) is 0 Å². The van der Waals surface area contributed by atoms with Crippen molar-refractivity contribution in [2.24, 2.45) is 5.73 Å². The molecular weight excluding hydrogens is 184 g/mol. The predicted octanol–water partition coefficient (Wildman–Crippen LogP) is -0.393. The maximum Gasteiger partial charge on any atom is 0.252 e. The second-order valence-corrected chi connectivity index (χ2v) is 3.18. The highest BCUT2D eigenvalue weighted by atomic mass is 16.5. The van der Waals surface area contributed by atoms with E-state index in [0.717, 1.165) is 0 Å². The van der Waals surface area contributed by atoms with Gasteiger partial charge in [0.1, 0.15) is 6.61 Å². The summed E-state index contributed by atoms with van der Waals surface area (Å²) in [4.78, 5) is 6.10. The summed E-state index contributed by atoms with van der Waals surface area (Å²) in [5, 5.41) is 3.80. The fraction of sp³-hybridized carbons (Fsp3) is 0.750. The fourth-order valence-electron chi connectivity index (χ4n) is 0.939. The molecule has 0 radical (unpaired) electrons. The number of nitrogens with two attached hydrogens (primary N) is 1. The van der Waals surface area contributed by atoms with E-state index in [4.69, 9.17) is 15.0 Å². The summed E-state index contributed by atoms with van der Waals surface area (Å²) < 4.78 is 10.1. The summed E-state index contributed by atoms with van der Waals surface area (Å²) in [7, 11) is 3.89. The Morgan fingerprint density at radius 3 is 2.93 bits per heavy atom. The largest absolute Gasteiger partial charge is 0.370 e. The first-order valence-corrected chi connectivity index (χ1v) is 4.46. The lowest BCUT2D eigenvalue weighted by atomic mass is 10.5. The molecule has 1 aromatic rings. The van der Waals surface area contributed by atoms with Crippen LogP contribution >= 0.6 is 0 Å². The van der Waals surface area contributed by atoms with E-state index in [1.807, 2.05) is 19.0 Å². The van der Waals surface area contributed by atoms with Crippen molar-refractivity contribution in [3.63, 3.8) is 0 Å². The van der Waals surface area contributed by atoms with Crippen LogP contribution in [0, 0.1) is 0 Å². The lowest BCUT2D eigenvalue weighted by molar-refractivity contribution is 0.104. The summed E-state index contributed by atoms with van der Waals surface area (Å²) in [5.41, 5.74) is 5.27. The molecular formula is C8H16N4O2. The maximum atomic E-state index is 5.27. The van der Waals surface area contributed by atoms with Gasteiger partial charge in [0, 0.05) is 6.54 Å². The van der Waals surface area contributed by atoms with Gasteiger partial charge < -0.3 is 19.9 Å². The first kappa shape index (κ1) is 11.1. The van der Waals surface area contributed by atoms with Crippen LogP contribution in [0.15, 0.2) is 4.52 Å². The molecule has 0 saturated heterocycles. The van der Waals surface area contributed by atoms with Gasteiger partial charge in [-0.2, -0.15) is 4.98 Å². The van der Waals surface area contributed by atoms with Crippen molar-refractivity contribution in [1.29, 1.82) is 0 Å². The van der Waals surface area contributed by atoms with Gasteiger partial charge in [-0.3, -0.25) is 0 Å². The Morgan fingerprint density at radius 1 is 1.50 bits per heavy atom. The zero-order chi connectivity index (χ0) is 10.4. The average molecular weight is 200 g/mol. The second kappa shape index (κ2) is 5.69. The van der Waals surface area contributed by atoms with Gasteiger partial charge >= 0.3 is 0 Å². The van der Waals surface area contributed by atoms with Crippen LogP contribution in [0.25, 0.3) is 0 Å². The Balaban J connectivity index is 2.35. The summed E-state index contributed by atoms with van der Waals surface area (Å²) in [6.45, 7) is 2.00. The van der Waals surface area contributed by atoms with Crippen LogP contribution in [-0.4, -0.2) is 42.3 Å². The molecule has 1 rings (SSSR count). The Hall–Kier alpha value is -0.980. The summed E-state index contributed by atoms with van der Waals surface area (Å²) >= 11 is 0. The molecule has 1 heterocycles. The predicted molar refractivity (Wildman–Crippen MR) is 50.4 cm³/mol. The molecule has 6 nitrogen and oxygen atoms in total. The zero-order valence-electron chi connectivity index (χ0n) is 8.56. The number of nitrogens with zero attached hydrogens (tertiary/aromatic N) is 3. The van der Waals surface area contributed by atoms with E-state index >= 15 is 0 Å². The van der Waals surface area contributed by atoms with Crippen LogP contribution in [-0.2, 0) is 17.9 Å². The molecule has 0 unspecified atom stereocenters. The van der Waals surface area contributed by atoms with Crippen LogP contribution in [0.2, 0.25) is 0 Å². The van der Waals surface area contributed by atoms with Crippen LogP contribution in [0.1, 0.15) is 11.7 Å². The molecule has 14 heavy (non-hydrogen) atoms. The molecule has 0 aromatic carbocycles. The van der Waals surface area contributed by atoms with Gasteiger partial charge in [0.05, 0.1) is 13.2 Å². The molecule has 0 amide bonds. The van der Waals surface area contributed by atoms with Crippen LogP contribution in [0.4, 0.5) is 0 Å². The standard InChI is InChI=1S/C8H16N4O2/c1-12(2)5-7-10-8(14-11-7)6-13-4-3-9/h3-6,9H2,1-2H3. The van der Waals surface area contributed by atoms with E-state index < -0.39 is 0 Å². The third-order valence-electron chi connectivity index (χ3n) is 1.46. The first-order valence-electron chi connectivity index (χ1n) is 4.46. The quantitative estimate of drug-likeness (QED) is 0.630. The molecule has 6 heteroatoms. The highest BCUT2D eigenvalue weighted by Gasteiger charge is 2.06. The minimum Gasteiger partial charge on any atom is -0.370 e. The Labute approximate surface area is 83.0 Å². The van der Waals surface area contributed by atoms with E-state index in [0.29, 0.717) is 38.0 Å². The van der Waals surface area contributed by atoms with Gasteiger partial charge in [-0.25, -0.2) is 0 Å². The first-order chi connectivity index (χ1) is 6.72. The van der Waals surface area contributed by atoms with Crippen LogP contribution < -0.4 is 5.73 Å². The number of rotatable bonds is 6. The van der Waals surface area contributed by atoms with E-state index in [2.05, 4.69) is 10.1 Å². The molecule has 0 aliphatic rings. The molecule has 0 aliphatic carbocycles. The highest BCUT2D eigenvalue weighted by Crippen LogP contribution is 2.00. The third-order valence-corrected chi connectivity index (χ3v) is 1.46. The van der Waals surface area contributed by atoms with E-state index in [1.165, 1.54) is 0 Å². The number of hydrogen-bond donors (Lipinski definition) is 1. The van der Waals surface area contributed by atoms with Crippen LogP contribution in [0.3, 0.4) is 0 Å². The van der Waals surface area contributed by atoms with Crippen molar-refractivity contribution >= 4 is 0 Å². The van der Waals surface area contributed by atoms with E-state index in [1.54, 1.807) is 0 Å². The van der Waals surface area contributed by atoms with Crippen molar-refractivity contribution in [1.82, 2.24) is 15.0 Å². The Morgan fingerprint density at radius 2 is 2.29 bits per heavy atom. The third kappa shape index (κ3) is 3.82. The monoisotopic (exact) mass is 200 g/mol.